The molecular formula is C8H16O3. The fraction of sp³-hybridized carbons (Fsp3) is 0.750. The zero-order chi connectivity index (χ0) is 8.53. The number of aliphatic hydroxyl groups excluding tert-OH is 1. The van der Waals surface area contributed by atoms with Crippen LogP contribution in [-0.4, -0.2) is 24.6 Å². The summed E-state index contributed by atoms with van der Waals surface area (Å²) >= 11 is 0. The highest BCUT2D eigenvalue weighted by Gasteiger charge is 2.00. The molecular weight excluding hydrogens is 144 g/mol. The van der Waals surface area contributed by atoms with E-state index in [0.29, 0.717) is 19.6 Å². The Balaban J connectivity index is 3.15. The summed E-state index contributed by atoms with van der Waals surface area (Å²) in [4.78, 5) is 0. The molecule has 3 nitrogen and oxygen atoms in total. The Kier molecular flexibility index (Phi) is 7.19. The van der Waals surface area contributed by atoms with Gasteiger partial charge in [-0.3, -0.25) is 0 Å². The lowest BCUT2D eigenvalue weighted by Crippen LogP contribution is -2.11. The smallest absolute Gasteiger partial charge is 0.198 e. The van der Waals surface area contributed by atoms with Crippen molar-refractivity contribution in [2.45, 2.75) is 26.6 Å². The van der Waals surface area contributed by atoms with Crippen LogP contribution in [0.3, 0.4) is 0 Å². The molecule has 0 aliphatic heterocycles. The van der Waals surface area contributed by atoms with Crippen molar-refractivity contribution in [2.75, 3.05) is 13.2 Å². The van der Waals surface area contributed by atoms with Crippen molar-refractivity contribution in [1.82, 2.24) is 0 Å². The maximum atomic E-state index is 9.05. The number of rotatable bonds is 6. The quantitative estimate of drug-likeness (QED) is 0.361. The molecule has 1 N–H and O–H groups in total. The largest absolute Gasteiger partial charge is 0.473 e. The third kappa shape index (κ3) is 7.36. The van der Waals surface area contributed by atoms with Crippen LogP contribution < -0.4 is 0 Å². The van der Waals surface area contributed by atoms with Crippen LogP contribution in [0.1, 0.15) is 20.3 Å². The normalized spacial score (nSPS) is 13.7. The molecule has 3 heteroatoms. The van der Waals surface area contributed by atoms with Gasteiger partial charge in [0.25, 0.3) is 0 Å². The minimum Gasteiger partial charge on any atom is -0.473 e. The van der Waals surface area contributed by atoms with E-state index in [2.05, 4.69) is 0 Å². The molecule has 0 amide bonds. The minimum absolute atomic E-state index is 0.512. The molecule has 11 heavy (non-hydrogen) atoms. The molecule has 0 fully saturated rings. The number of ether oxygens (including phenoxy) is 2. The maximum Gasteiger partial charge on any atom is 0.198 e. The van der Waals surface area contributed by atoms with Crippen molar-refractivity contribution in [3.05, 3.63) is 12.3 Å². The Morgan fingerprint density at radius 3 is 2.82 bits per heavy atom. The molecule has 0 aromatic carbocycles. The standard InChI is InChI=1S/C8H16O3/c1-3-6-11-8(9)5-7-10-4-2/h3,6,8-9H,4-5,7H2,1-2H3. The van der Waals surface area contributed by atoms with Gasteiger partial charge in [-0.05, 0) is 13.8 Å². The van der Waals surface area contributed by atoms with Crippen molar-refractivity contribution >= 4 is 0 Å². The van der Waals surface area contributed by atoms with E-state index in [9.17, 15) is 0 Å². The monoisotopic (exact) mass is 160 g/mol. The van der Waals surface area contributed by atoms with Gasteiger partial charge in [0.05, 0.1) is 12.9 Å². The van der Waals surface area contributed by atoms with Crippen LogP contribution in [0.2, 0.25) is 0 Å². The van der Waals surface area contributed by atoms with Crippen LogP contribution in [0.15, 0.2) is 12.3 Å². The van der Waals surface area contributed by atoms with Gasteiger partial charge in [0, 0.05) is 13.0 Å². The molecule has 0 aliphatic carbocycles. The van der Waals surface area contributed by atoms with E-state index in [0.717, 1.165) is 0 Å². The summed E-state index contributed by atoms with van der Waals surface area (Å²) in [5, 5.41) is 9.05. The highest BCUT2D eigenvalue weighted by molar-refractivity contribution is 4.65. The van der Waals surface area contributed by atoms with Crippen molar-refractivity contribution in [3.63, 3.8) is 0 Å². The second kappa shape index (κ2) is 7.57. The first-order chi connectivity index (χ1) is 5.31. The topological polar surface area (TPSA) is 38.7 Å². The van der Waals surface area contributed by atoms with E-state index in [1.807, 2.05) is 13.8 Å². The third-order valence-corrected chi connectivity index (χ3v) is 1.08. The Labute approximate surface area is 67.6 Å². The van der Waals surface area contributed by atoms with Gasteiger partial charge in [0.15, 0.2) is 6.29 Å². The Bertz CT molecular complexity index is 102. The van der Waals surface area contributed by atoms with Gasteiger partial charge in [-0.15, -0.1) is 0 Å². The summed E-state index contributed by atoms with van der Waals surface area (Å²) in [6, 6.07) is 0. The summed E-state index contributed by atoms with van der Waals surface area (Å²) in [5.74, 6) is 0. The minimum atomic E-state index is -0.738. The molecule has 0 radical (unpaired) electrons. The average molecular weight is 160 g/mol. The first-order valence-corrected chi connectivity index (χ1v) is 3.83. The van der Waals surface area contributed by atoms with Gasteiger partial charge < -0.3 is 14.6 Å². The molecule has 0 aliphatic rings. The van der Waals surface area contributed by atoms with E-state index in [4.69, 9.17) is 14.6 Å². The maximum absolute atomic E-state index is 9.05. The lowest BCUT2D eigenvalue weighted by Gasteiger charge is -2.08. The molecule has 0 aromatic heterocycles. The summed E-state index contributed by atoms with van der Waals surface area (Å²) in [6.07, 6.45) is 2.97. The molecule has 0 aromatic rings. The van der Waals surface area contributed by atoms with Gasteiger partial charge in [0.1, 0.15) is 0 Å². The van der Waals surface area contributed by atoms with Crippen molar-refractivity contribution in [1.29, 1.82) is 0 Å². The lowest BCUT2D eigenvalue weighted by atomic mass is 10.4. The molecule has 1 unspecified atom stereocenters. The number of hydrogen-bond donors (Lipinski definition) is 1. The fourth-order valence-corrected chi connectivity index (χ4v) is 0.566. The van der Waals surface area contributed by atoms with E-state index < -0.39 is 6.29 Å². The molecule has 0 rings (SSSR count). The Morgan fingerprint density at radius 1 is 1.55 bits per heavy atom. The Hall–Kier alpha value is -0.540. The third-order valence-electron chi connectivity index (χ3n) is 1.08. The van der Waals surface area contributed by atoms with Crippen molar-refractivity contribution in [3.8, 4) is 0 Å². The highest BCUT2D eigenvalue weighted by atomic mass is 16.6. The summed E-state index contributed by atoms with van der Waals surface area (Å²) < 4.78 is 9.85. The molecule has 66 valence electrons. The second-order valence-electron chi connectivity index (χ2n) is 2.05. The zero-order valence-electron chi connectivity index (χ0n) is 7.12. The molecule has 0 spiro atoms. The average Bonchev–Trinajstić information content (AvgIpc) is 2.01. The summed E-state index contributed by atoms with van der Waals surface area (Å²) in [6.45, 7) is 4.96. The van der Waals surface area contributed by atoms with Gasteiger partial charge in [-0.1, -0.05) is 6.08 Å². The van der Waals surface area contributed by atoms with Crippen molar-refractivity contribution < 1.29 is 14.6 Å². The first kappa shape index (κ1) is 10.5. The molecule has 0 heterocycles. The van der Waals surface area contributed by atoms with Gasteiger partial charge in [-0.25, -0.2) is 0 Å². The van der Waals surface area contributed by atoms with Gasteiger partial charge in [0.2, 0.25) is 0 Å². The number of allylic oxidation sites excluding steroid dienone is 1. The van der Waals surface area contributed by atoms with Crippen molar-refractivity contribution in [2.24, 2.45) is 0 Å². The van der Waals surface area contributed by atoms with Crippen LogP contribution >= 0.6 is 0 Å². The predicted molar refractivity (Wildman–Crippen MR) is 43.0 cm³/mol. The van der Waals surface area contributed by atoms with Crippen LogP contribution in [0, 0.1) is 0 Å². The highest BCUT2D eigenvalue weighted by Crippen LogP contribution is 1.95. The fourth-order valence-electron chi connectivity index (χ4n) is 0.566. The van der Waals surface area contributed by atoms with Gasteiger partial charge >= 0.3 is 0 Å². The molecule has 0 saturated carbocycles. The van der Waals surface area contributed by atoms with E-state index >= 15 is 0 Å². The molecule has 0 bridgehead atoms. The van der Waals surface area contributed by atoms with Gasteiger partial charge in [-0.2, -0.15) is 0 Å². The van der Waals surface area contributed by atoms with E-state index in [-0.39, 0.29) is 0 Å². The number of aliphatic hydroxyl groups is 1. The molecule has 0 saturated heterocycles. The second-order valence-corrected chi connectivity index (χ2v) is 2.05. The van der Waals surface area contributed by atoms with Crippen LogP contribution in [0.5, 0.6) is 0 Å². The lowest BCUT2D eigenvalue weighted by molar-refractivity contribution is -0.0696. The first-order valence-electron chi connectivity index (χ1n) is 3.83. The van der Waals surface area contributed by atoms with Crippen LogP contribution in [0.4, 0.5) is 0 Å². The van der Waals surface area contributed by atoms with Crippen LogP contribution in [-0.2, 0) is 9.47 Å². The number of hydrogen-bond acceptors (Lipinski definition) is 3. The predicted octanol–water partition coefficient (Wildman–Crippen LogP) is 1.28. The summed E-state index contributed by atoms with van der Waals surface area (Å²) in [5.41, 5.74) is 0. The SMILES string of the molecule is CC=COC(O)CCOCC. The molecule has 1 atom stereocenters. The van der Waals surface area contributed by atoms with E-state index in [1.165, 1.54) is 6.26 Å². The van der Waals surface area contributed by atoms with Crippen LogP contribution in [0.25, 0.3) is 0 Å². The Morgan fingerprint density at radius 2 is 2.27 bits per heavy atom. The zero-order valence-corrected chi connectivity index (χ0v) is 7.12. The summed E-state index contributed by atoms with van der Waals surface area (Å²) in [7, 11) is 0. The van der Waals surface area contributed by atoms with E-state index in [1.54, 1.807) is 6.08 Å².